The molecule has 390 valence electrons. The summed E-state index contributed by atoms with van der Waals surface area (Å²) in [6.45, 7) is 6.19. The second-order valence-corrected chi connectivity index (χ2v) is 17.3. The summed E-state index contributed by atoms with van der Waals surface area (Å²) in [5, 5.41) is 0. The molecule has 0 spiro atoms. The largest absolute Gasteiger partial charge is 0.462 e. The molecule has 0 aliphatic carbocycles. The molecule has 0 aromatic carbocycles. The molecule has 6 nitrogen and oxygen atoms in total. The Labute approximate surface area is 429 Å². The highest BCUT2D eigenvalue weighted by Crippen LogP contribution is 2.12. The number of carbonyl (C=O) groups excluding carboxylic acids is 3. The molecule has 0 rings (SSSR count). The van der Waals surface area contributed by atoms with Gasteiger partial charge in [-0.25, -0.2) is 0 Å². The zero-order chi connectivity index (χ0) is 50.7. The predicted molar refractivity (Wildman–Crippen MR) is 302 cm³/mol. The fourth-order valence-electron chi connectivity index (χ4n) is 6.75. The number of ether oxygens (including phenoxy) is 3. The molecular weight excluding hydrogens is 865 g/mol. The van der Waals surface area contributed by atoms with Crippen molar-refractivity contribution >= 4 is 17.9 Å². The summed E-state index contributed by atoms with van der Waals surface area (Å²) in [5.41, 5.74) is 0. The number of hydrogen-bond acceptors (Lipinski definition) is 6. The number of rotatable bonds is 47. The van der Waals surface area contributed by atoms with E-state index in [0.717, 1.165) is 148 Å². The summed E-state index contributed by atoms with van der Waals surface area (Å²) >= 11 is 0. The van der Waals surface area contributed by atoms with E-state index >= 15 is 0 Å². The Morgan fingerprint density at radius 2 is 0.529 bits per heavy atom. The molecule has 0 radical (unpaired) electrons. The number of allylic oxidation sites excluding steroid dienone is 26. The molecule has 0 fully saturated rings. The summed E-state index contributed by atoms with van der Waals surface area (Å²) in [4.78, 5) is 38.1. The summed E-state index contributed by atoms with van der Waals surface area (Å²) < 4.78 is 16.8. The van der Waals surface area contributed by atoms with Crippen molar-refractivity contribution in [3.63, 3.8) is 0 Å². The molecule has 0 saturated carbocycles. The third-order valence-electron chi connectivity index (χ3n) is 10.8. The maximum Gasteiger partial charge on any atom is 0.306 e. The van der Waals surface area contributed by atoms with Crippen molar-refractivity contribution in [3.8, 4) is 0 Å². The minimum absolute atomic E-state index is 0.126. The van der Waals surface area contributed by atoms with Crippen LogP contribution in [0.1, 0.15) is 207 Å². The molecule has 0 heterocycles. The molecule has 1 unspecified atom stereocenters. The van der Waals surface area contributed by atoms with Gasteiger partial charge in [-0.05, 0) is 135 Å². The molecule has 0 aromatic rings. The second kappa shape index (κ2) is 56.6. The molecule has 6 heteroatoms. The normalized spacial score (nSPS) is 13.4. The van der Waals surface area contributed by atoms with E-state index in [0.29, 0.717) is 19.3 Å². The highest BCUT2D eigenvalue weighted by Gasteiger charge is 2.19. The van der Waals surface area contributed by atoms with E-state index < -0.39 is 6.10 Å². The SMILES string of the molecule is CC/C=C\C/C=C\C/C=C\C/C=C\C/C=C\CCCC(=O)OC(COC(=O)CCCCC/C=C\C/C=C\C/C=C\C/C=C\CC)COC(=O)CCCCCCCC/C=C\C/C=C\C/C=C\C/C=C\CC. The van der Waals surface area contributed by atoms with Crippen molar-refractivity contribution in [2.24, 2.45) is 0 Å². The van der Waals surface area contributed by atoms with Crippen molar-refractivity contribution < 1.29 is 28.6 Å². The molecule has 0 amide bonds. The van der Waals surface area contributed by atoms with E-state index in [1.807, 2.05) is 0 Å². The van der Waals surface area contributed by atoms with E-state index in [1.54, 1.807) is 0 Å². The van der Waals surface area contributed by atoms with Gasteiger partial charge in [0.2, 0.25) is 0 Å². The van der Waals surface area contributed by atoms with Crippen LogP contribution in [0.25, 0.3) is 0 Å². The Kier molecular flexibility index (Phi) is 52.6. The first kappa shape index (κ1) is 65.0. The van der Waals surface area contributed by atoms with Gasteiger partial charge in [-0.3, -0.25) is 14.4 Å². The van der Waals surface area contributed by atoms with Crippen molar-refractivity contribution in [3.05, 3.63) is 158 Å². The van der Waals surface area contributed by atoms with E-state index in [-0.39, 0.29) is 37.5 Å². The topological polar surface area (TPSA) is 78.9 Å². The van der Waals surface area contributed by atoms with Crippen molar-refractivity contribution in [1.29, 1.82) is 0 Å². The molecule has 70 heavy (non-hydrogen) atoms. The molecule has 0 saturated heterocycles. The fourth-order valence-corrected chi connectivity index (χ4v) is 6.75. The molecule has 0 aromatic heterocycles. The van der Waals surface area contributed by atoms with Gasteiger partial charge >= 0.3 is 17.9 Å². The lowest BCUT2D eigenvalue weighted by Crippen LogP contribution is -2.30. The Hall–Kier alpha value is -4.97. The molecule has 0 N–H and O–H groups in total. The first-order valence-corrected chi connectivity index (χ1v) is 27.5. The van der Waals surface area contributed by atoms with Gasteiger partial charge in [-0.2, -0.15) is 0 Å². The van der Waals surface area contributed by atoms with Crippen LogP contribution in [-0.2, 0) is 28.6 Å². The average Bonchev–Trinajstić information content (AvgIpc) is 3.36. The quantitative estimate of drug-likeness (QED) is 0.0262. The molecule has 0 bridgehead atoms. The molecule has 0 aliphatic rings. The first-order valence-electron chi connectivity index (χ1n) is 27.5. The van der Waals surface area contributed by atoms with Crippen LogP contribution in [0.4, 0.5) is 0 Å². The first-order chi connectivity index (χ1) is 34.5. The summed E-state index contributed by atoms with van der Waals surface area (Å²) in [7, 11) is 0. The minimum Gasteiger partial charge on any atom is -0.462 e. The monoisotopic (exact) mass is 963 g/mol. The highest BCUT2D eigenvalue weighted by atomic mass is 16.6. The van der Waals surface area contributed by atoms with E-state index in [1.165, 1.54) is 12.8 Å². The number of hydrogen-bond donors (Lipinski definition) is 0. The zero-order valence-electron chi connectivity index (χ0n) is 44.5. The van der Waals surface area contributed by atoms with E-state index in [9.17, 15) is 14.4 Å². The third-order valence-corrected chi connectivity index (χ3v) is 10.8. The van der Waals surface area contributed by atoms with Crippen LogP contribution >= 0.6 is 0 Å². The van der Waals surface area contributed by atoms with E-state index in [4.69, 9.17) is 14.2 Å². The molecular formula is C64H98O6. The summed E-state index contributed by atoms with van der Waals surface area (Å²) in [5.74, 6) is -1.04. The lowest BCUT2D eigenvalue weighted by atomic mass is 10.1. The average molecular weight is 963 g/mol. The van der Waals surface area contributed by atoms with Crippen LogP contribution in [0, 0.1) is 0 Å². The van der Waals surface area contributed by atoms with Gasteiger partial charge in [0.1, 0.15) is 13.2 Å². The third kappa shape index (κ3) is 54.0. The van der Waals surface area contributed by atoms with Gasteiger partial charge in [-0.1, -0.05) is 211 Å². The van der Waals surface area contributed by atoms with Crippen LogP contribution in [0.3, 0.4) is 0 Å². The minimum atomic E-state index is -0.836. The van der Waals surface area contributed by atoms with E-state index in [2.05, 4.69) is 179 Å². The maximum atomic E-state index is 12.8. The number of carbonyl (C=O) groups is 3. The van der Waals surface area contributed by atoms with Crippen molar-refractivity contribution in [2.45, 2.75) is 213 Å². The fraction of sp³-hybridized carbons (Fsp3) is 0.547. The standard InChI is InChI=1S/C64H98O6/c1-4-7-10-13-16-19-22-25-28-31-32-34-36-39-42-45-48-51-54-57-63(66)69-60-61(59-68-62(65)56-53-50-47-44-41-38-35-30-27-24-21-18-15-12-9-6-3)70-64(67)58-55-52-49-46-43-40-37-33-29-26-23-20-17-14-11-8-5-2/h7-12,16-21,25-30,32,34,37-38,40-41,46,49,61H,4-6,13-15,22-24,31,33,35-36,39,42-45,47-48,50-60H2,1-3H3/b10-7-,11-8-,12-9-,19-16-,20-17-,21-18-,28-25-,29-26-,30-27-,34-32-,40-37-,41-38-,49-46-. The van der Waals surface area contributed by atoms with Crippen molar-refractivity contribution in [2.75, 3.05) is 13.2 Å². The highest BCUT2D eigenvalue weighted by molar-refractivity contribution is 5.71. The van der Waals surface area contributed by atoms with Gasteiger partial charge in [0, 0.05) is 19.3 Å². The van der Waals surface area contributed by atoms with Gasteiger partial charge in [0.15, 0.2) is 6.10 Å². The number of unbranched alkanes of at least 4 members (excludes halogenated alkanes) is 10. The lowest BCUT2D eigenvalue weighted by Gasteiger charge is -2.18. The maximum absolute atomic E-state index is 12.8. The Morgan fingerprint density at radius 1 is 0.286 bits per heavy atom. The van der Waals surface area contributed by atoms with Crippen molar-refractivity contribution in [1.82, 2.24) is 0 Å². The van der Waals surface area contributed by atoms with Crippen LogP contribution < -0.4 is 0 Å². The molecule has 1 atom stereocenters. The van der Waals surface area contributed by atoms with Crippen LogP contribution in [0.2, 0.25) is 0 Å². The summed E-state index contributed by atoms with van der Waals surface area (Å²) in [6.07, 6.45) is 82.3. The lowest BCUT2D eigenvalue weighted by molar-refractivity contribution is -0.167. The second-order valence-electron chi connectivity index (χ2n) is 17.3. The number of esters is 3. The zero-order valence-corrected chi connectivity index (χ0v) is 44.5. The Balaban J connectivity index is 4.59. The van der Waals surface area contributed by atoms with Crippen LogP contribution in [-0.4, -0.2) is 37.2 Å². The van der Waals surface area contributed by atoms with Crippen LogP contribution in [0.15, 0.2) is 158 Å². The summed E-state index contributed by atoms with van der Waals surface area (Å²) in [6, 6.07) is 0. The Bertz CT molecular complexity index is 1620. The van der Waals surface area contributed by atoms with Gasteiger partial charge in [0.05, 0.1) is 0 Å². The van der Waals surface area contributed by atoms with Gasteiger partial charge < -0.3 is 14.2 Å². The molecule has 0 aliphatic heterocycles. The smallest absolute Gasteiger partial charge is 0.306 e. The Morgan fingerprint density at radius 3 is 0.857 bits per heavy atom. The van der Waals surface area contributed by atoms with Gasteiger partial charge in [0.25, 0.3) is 0 Å². The predicted octanol–water partition coefficient (Wildman–Crippen LogP) is 18.6. The van der Waals surface area contributed by atoms with Crippen LogP contribution in [0.5, 0.6) is 0 Å². The van der Waals surface area contributed by atoms with Gasteiger partial charge in [-0.15, -0.1) is 0 Å².